The topological polar surface area (TPSA) is 29.3 Å². The predicted molar refractivity (Wildman–Crippen MR) is 83.1 cm³/mol. The van der Waals surface area contributed by atoms with Crippen molar-refractivity contribution in [3.05, 3.63) is 0 Å². The Labute approximate surface area is 120 Å². The molecule has 1 saturated carbocycles. The molecular weight excluding hydrogens is 232 g/mol. The van der Waals surface area contributed by atoms with Crippen molar-refractivity contribution in [1.29, 1.82) is 0 Å². The molecule has 1 aliphatic heterocycles. The van der Waals surface area contributed by atoms with Crippen LogP contribution in [-0.2, 0) is 0 Å². The van der Waals surface area contributed by atoms with Gasteiger partial charge in [0.25, 0.3) is 0 Å². The summed E-state index contributed by atoms with van der Waals surface area (Å²) in [6, 6.07) is 1.75. The molecule has 0 amide bonds. The van der Waals surface area contributed by atoms with Crippen molar-refractivity contribution < 1.29 is 0 Å². The van der Waals surface area contributed by atoms with E-state index in [1.165, 1.54) is 45.1 Å². The Morgan fingerprint density at radius 2 is 1.79 bits per heavy atom. The van der Waals surface area contributed by atoms with Crippen molar-refractivity contribution in [2.75, 3.05) is 6.54 Å². The van der Waals surface area contributed by atoms with Gasteiger partial charge in [-0.3, -0.25) is 4.90 Å². The van der Waals surface area contributed by atoms with Gasteiger partial charge in [-0.2, -0.15) is 0 Å². The number of hydrogen-bond acceptors (Lipinski definition) is 2. The standard InChI is InChI=1S/C17H34N2/c1-12(2)15-9-8-13(3)11-17(15)19-10-6-5-7-16(19)14(4)18/h12-17H,5-11,18H2,1-4H3. The van der Waals surface area contributed by atoms with Gasteiger partial charge in [-0.05, 0) is 56.9 Å². The highest BCUT2D eigenvalue weighted by atomic mass is 15.2. The predicted octanol–water partition coefficient (Wildman–Crippen LogP) is 3.65. The molecule has 1 saturated heterocycles. The fourth-order valence-corrected chi connectivity index (χ4v) is 4.49. The molecule has 5 unspecified atom stereocenters. The molecule has 2 rings (SSSR count). The number of nitrogens with zero attached hydrogens (tertiary/aromatic N) is 1. The molecule has 1 heterocycles. The lowest BCUT2D eigenvalue weighted by Gasteiger charge is -2.50. The average molecular weight is 266 g/mol. The van der Waals surface area contributed by atoms with Crippen LogP contribution in [0.15, 0.2) is 0 Å². The summed E-state index contributed by atoms with van der Waals surface area (Å²) >= 11 is 0. The van der Waals surface area contributed by atoms with E-state index >= 15 is 0 Å². The highest BCUT2D eigenvalue weighted by Gasteiger charge is 2.39. The zero-order chi connectivity index (χ0) is 14.0. The van der Waals surface area contributed by atoms with Gasteiger partial charge >= 0.3 is 0 Å². The molecule has 0 aromatic heterocycles. The van der Waals surface area contributed by atoms with Crippen molar-refractivity contribution in [3.8, 4) is 0 Å². The van der Waals surface area contributed by atoms with E-state index < -0.39 is 0 Å². The van der Waals surface area contributed by atoms with E-state index in [9.17, 15) is 0 Å². The van der Waals surface area contributed by atoms with Crippen LogP contribution in [-0.4, -0.2) is 29.6 Å². The molecule has 2 heteroatoms. The fraction of sp³-hybridized carbons (Fsp3) is 1.00. The maximum atomic E-state index is 6.28. The maximum Gasteiger partial charge on any atom is 0.0247 e. The van der Waals surface area contributed by atoms with Gasteiger partial charge in [0.05, 0.1) is 0 Å². The molecule has 2 N–H and O–H groups in total. The second kappa shape index (κ2) is 6.58. The minimum absolute atomic E-state index is 0.324. The van der Waals surface area contributed by atoms with Crippen molar-refractivity contribution in [3.63, 3.8) is 0 Å². The zero-order valence-corrected chi connectivity index (χ0v) is 13.4. The number of hydrogen-bond donors (Lipinski definition) is 1. The maximum absolute atomic E-state index is 6.28. The van der Waals surface area contributed by atoms with Crippen LogP contribution in [0.25, 0.3) is 0 Å². The molecular formula is C17H34N2. The minimum atomic E-state index is 0.324. The first-order chi connectivity index (χ1) is 9.00. The molecule has 0 aromatic carbocycles. The lowest BCUT2D eigenvalue weighted by molar-refractivity contribution is 0.00367. The van der Waals surface area contributed by atoms with E-state index in [-0.39, 0.29) is 0 Å². The number of nitrogens with two attached hydrogens (primary N) is 1. The van der Waals surface area contributed by atoms with Crippen LogP contribution in [0.4, 0.5) is 0 Å². The Balaban J connectivity index is 2.14. The van der Waals surface area contributed by atoms with Crippen LogP contribution in [0.1, 0.15) is 66.2 Å². The largest absolute Gasteiger partial charge is 0.327 e. The third-order valence-corrected chi connectivity index (χ3v) is 5.61. The molecule has 0 aromatic rings. The van der Waals surface area contributed by atoms with E-state index in [1.54, 1.807) is 0 Å². The monoisotopic (exact) mass is 266 g/mol. The lowest BCUT2D eigenvalue weighted by atomic mass is 9.72. The van der Waals surface area contributed by atoms with Gasteiger partial charge in [0, 0.05) is 18.1 Å². The van der Waals surface area contributed by atoms with Gasteiger partial charge in [-0.25, -0.2) is 0 Å². The van der Waals surface area contributed by atoms with Crippen molar-refractivity contribution >= 4 is 0 Å². The highest BCUT2D eigenvalue weighted by Crippen LogP contribution is 2.39. The Morgan fingerprint density at radius 3 is 2.42 bits per heavy atom. The van der Waals surface area contributed by atoms with Gasteiger partial charge in [0.2, 0.25) is 0 Å². The van der Waals surface area contributed by atoms with Crippen LogP contribution in [0.5, 0.6) is 0 Å². The number of rotatable bonds is 3. The fourth-order valence-electron chi connectivity index (χ4n) is 4.49. The summed E-state index contributed by atoms with van der Waals surface area (Å²) in [5.74, 6) is 2.60. The summed E-state index contributed by atoms with van der Waals surface area (Å²) < 4.78 is 0. The van der Waals surface area contributed by atoms with Crippen LogP contribution < -0.4 is 5.73 Å². The Kier molecular flexibility index (Phi) is 5.30. The Morgan fingerprint density at radius 1 is 1.05 bits per heavy atom. The van der Waals surface area contributed by atoms with Gasteiger partial charge < -0.3 is 5.73 Å². The summed E-state index contributed by atoms with van der Waals surface area (Å²) in [5, 5.41) is 0. The SMILES string of the molecule is CC1CCC(C(C)C)C(N2CCCCC2C(C)N)C1. The van der Waals surface area contributed by atoms with Crippen LogP contribution in [0.3, 0.4) is 0 Å². The molecule has 0 radical (unpaired) electrons. The average Bonchev–Trinajstić information content (AvgIpc) is 2.38. The van der Waals surface area contributed by atoms with E-state index in [2.05, 4.69) is 32.6 Å². The van der Waals surface area contributed by atoms with E-state index in [4.69, 9.17) is 5.73 Å². The van der Waals surface area contributed by atoms with Gasteiger partial charge in [-0.1, -0.05) is 33.6 Å². The third kappa shape index (κ3) is 3.52. The van der Waals surface area contributed by atoms with Crippen molar-refractivity contribution in [2.45, 2.75) is 84.3 Å². The smallest absolute Gasteiger partial charge is 0.0247 e. The second-order valence-electron chi connectivity index (χ2n) is 7.55. The van der Waals surface area contributed by atoms with Crippen LogP contribution >= 0.6 is 0 Å². The van der Waals surface area contributed by atoms with Crippen molar-refractivity contribution in [1.82, 2.24) is 4.90 Å². The summed E-state index contributed by atoms with van der Waals surface area (Å²) in [6.07, 6.45) is 8.30. The van der Waals surface area contributed by atoms with E-state index in [0.29, 0.717) is 12.1 Å². The molecule has 5 atom stereocenters. The van der Waals surface area contributed by atoms with Gasteiger partial charge in [-0.15, -0.1) is 0 Å². The van der Waals surface area contributed by atoms with Crippen LogP contribution in [0.2, 0.25) is 0 Å². The quantitative estimate of drug-likeness (QED) is 0.845. The zero-order valence-electron chi connectivity index (χ0n) is 13.4. The lowest BCUT2D eigenvalue weighted by Crippen LogP contribution is -2.57. The first-order valence-electron chi connectivity index (χ1n) is 8.52. The second-order valence-corrected chi connectivity index (χ2v) is 7.55. The summed E-state index contributed by atoms with van der Waals surface area (Å²) in [6.45, 7) is 10.8. The van der Waals surface area contributed by atoms with Crippen molar-refractivity contribution in [2.24, 2.45) is 23.5 Å². The molecule has 19 heavy (non-hydrogen) atoms. The third-order valence-electron chi connectivity index (χ3n) is 5.61. The molecule has 2 fully saturated rings. The van der Waals surface area contributed by atoms with E-state index in [0.717, 1.165) is 23.8 Å². The summed E-state index contributed by atoms with van der Waals surface area (Å²) in [5.41, 5.74) is 6.28. The Hall–Kier alpha value is -0.0800. The summed E-state index contributed by atoms with van der Waals surface area (Å²) in [4.78, 5) is 2.81. The Bertz CT molecular complexity index is 274. The minimum Gasteiger partial charge on any atom is -0.327 e. The number of piperidine rings is 1. The first kappa shape index (κ1) is 15.3. The first-order valence-corrected chi connectivity index (χ1v) is 8.52. The van der Waals surface area contributed by atoms with Gasteiger partial charge in [0.1, 0.15) is 0 Å². The van der Waals surface area contributed by atoms with Crippen LogP contribution in [0, 0.1) is 17.8 Å². The highest BCUT2D eigenvalue weighted by molar-refractivity contribution is 4.93. The molecule has 2 aliphatic rings. The molecule has 2 nitrogen and oxygen atoms in total. The molecule has 1 aliphatic carbocycles. The molecule has 0 spiro atoms. The number of likely N-dealkylation sites (tertiary alicyclic amines) is 1. The van der Waals surface area contributed by atoms with Gasteiger partial charge in [0.15, 0.2) is 0 Å². The molecule has 112 valence electrons. The van der Waals surface area contributed by atoms with E-state index in [1.807, 2.05) is 0 Å². The summed E-state index contributed by atoms with van der Waals surface area (Å²) in [7, 11) is 0. The normalized spacial score (nSPS) is 39.5. The molecule has 0 bridgehead atoms.